The Morgan fingerprint density at radius 1 is 1.39 bits per heavy atom. The molecule has 0 aromatic carbocycles. The molecule has 3 heteroatoms. The lowest BCUT2D eigenvalue weighted by Crippen LogP contribution is -2.23. The van der Waals surface area contributed by atoms with Gasteiger partial charge < -0.3 is 4.57 Å². The van der Waals surface area contributed by atoms with Gasteiger partial charge in [-0.1, -0.05) is 27.7 Å². The number of Topliss-reactive ketones (excluding diaryl/α,β-unsaturated/α-hetero) is 1. The number of halogens is 1. The molecule has 0 amide bonds. The Balaban J connectivity index is 3.04. The number of hydrogen-bond acceptors (Lipinski definition) is 1. The Labute approximate surface area is 115 Å². The maximum atomic E-state index is 11.7. The van der Waals surface area contributed by atoms with Gasteiger partial charge in [-0.3, -0.25) is 4.79 Å². The molecule has 1 heterocycles. The second kappa shape index (κ2) is 5.48. The van der Waals surface area contributed by atoms with Crippen LogP contribution in [0.15, 0.2) is 6.07 Å². The number of ketones is 1. The predicted molar refractivity (Wildman–Crippen MR) is 77.6 cm³/mol. The molecular weight excluding hydrogens is 246 g/mol. The lowest BCUT2D eigenvalue weighted by atomic mass is 9.82. The fraction of sp³-hybridized carbons (Fsp3) is 0.667. The van der Waals surface area contributed by atoms with Gasteiger partial charge in [-0.05, 0) is 31.2 Å². The van der Waals surface area contributed by atoms with Crippen LogP contribution in [0.1, 0.15) is 49.4 Å². The topological polar surface area (TPSA) is 22.0 Å². The number of nitrogens with zero attached hydrogens (tertiary/aromatic N) is 1. The van der Waals surface area contributed by atoms with Gasteiger partial charge in [0.2, 0.25) is 0 Å². The summed E-state index contributed by atoms with van der Waals surface area (Å²) in [4.78, 5) is 11.7. The molecule has 0 aliphatic rings. The summed E-state index contributed by atoms with van der Waals surface area (Å²) in [6.07, 6.45) is 0. The fourth-order valence-corrected chi connectivity index (χ4v) is 2.13. The SMILES string of the molecule is Cc1cc(C(=O)CCl)c(C)n1CC(C)C(C)(C)C. The van der Waals surface area contributed by atoms with Gasteiger partial charge in [0.05, 0.1) is 5.88 Å². The average molecular weight is 270 g/mol. The van der Waals surface area contributed by atoms with Gasteiger partial charge in [0.1, 0.15) is 0 Å². The lowest BCUT2D eigenvalue weighted by Gasteiger charge is -2.28. The summed E-state index contributed by atoms with van der Waals surface area (Å²) in [7, 11) is 0. The summed E-state index contributed by atoms with van der Waals surface area (Å²) in [6, 6.07) is 1.95. The predicted octanol–water partition coefficient (Wildman–Crippen LogP) is 4.21. The molecule has 0 N–H and O–H groups in total. The third-order valence-electron chi connectivity index (χ3n) is 3.93. The molecule has 0 aliphatic carbocycles. The van der Waals surface area contributed by atoms with Crippen molar-refractivity contribution in [1.29, 1.82) is 0 Å². The van der Waals surface area contributed by atoms with Crippen molar-refractivity contribution < 1.29 is 4.79 Å². The second-order valence-electron chi connectivity index (χ2n) is 6.22. The Morgan fingerprint density at radius 3 is 2.39 bits per heavy atom. The minimum Gasteiger partial charge on any atom is -0.348 e. The molecule has 1 unspecified atom stereocenters. The highest BCUT2D eigenvalue weighted by molar-refractivity contribution is 6.30. The van der Waals surface area contributed by atoms with Crippen molar-refractivity contribution >= 4 is 17.4 Å². The monoisotopic (exact) mass is 269 g/mol. The third kappa shape index (κ3) is 3.17. The number of carbonyl (C=O) groups is 1. The molecular formula is C15H24ClNO. The van der Waals surface area contributed by atoms with E-state index in [0.717, 1.165) is 23.5 Å². The first-order chi connectivity index (χ1) is 8.18. The van der Waals surface area contributed by atoms with Crippen LogP contribution < -0.4 is 0 Å². The van der Waals surface area contributed by atoms with Crippen LogP contribution in [0.4, 0.5) is 0 Å². The van der Waals surface area contributed by atoms with Gasteiger partial charge in [-0.15, -0.1) is 11.6 Å². The summed E-state index contributed by atoms with van der Waals surface area (Å²) in [5, 5.41) is 0. The number of hydrogen-bond donors (Lipinski definition) is 0. The summed E-state index contributed by atoms with van der Waals surface area (Å²) < 4.78 is 2.23. The summed E-state index contributed by atoms with van der Waals surface area (Å²) >= 11 is 5.64. The Kier molecular flexibility index (Phi) is 4.66. The van der Waals surface area contributed by atoms with Gasteiger partial charge in [0.15, 0.2) is 5.78 Å². The summed E-state index contributed by atoms with van der Waals surface area (Å²) in [5.41, 5.74) is 3.20. The molecule has 0 aliphatic heterocycles. The van der Waals surface area contributed by atoms with E-state index in [2.05, 4.69) is 32.3 Å². The zero-order valence-corrected chi connectivity index (χ0v) is 13.1. The van der Waals surface area contributed by atoms with Crippen molar-refractivity contribution in [2.24, 2.45) is 11.3 Å². The Hall–Kier alpha value is -0.760. The van der Waals surface area contributed by atoms with Gasteiger partial charge in [0.25, 0.3) is 0 Å². The first-order valence-electron chi connectivity index (χ1n) is 6.44. The normalized spacial score (nSPS) is 13.7. The van der Waals surface area contributed by atoms with E-state index in [1.54, 1.807) is 0 Å². The number of aryl methyl sites for hydroxylation is 1. The van der Waals surface area contributed by atoms with Gasteiger partial charge in [0, 0.05) is 23.5 Å². The Morgan fingerprint density at radius 2 is 1.94 bits per heavy atom. The highest BCUT2D eigenvalue weighted by Gasteiger charge is 2.23. The number of alkyl halides is 1. The second-order valence-corrected chi connectivity index (χ2v) is 6.49. The minimum absolute atomic E-state index is 0.0134. The van der Waals surface area contributed by atoms with E-state index in [4.69, 9.17) is 11.6 Å². The first-order valence-corrected chi connectivity index (χ1v) is 6.97. The third-order valence-corrected chi connectivity index (χ3v) is 4.17. The minimum atomic E-state index is 0.0134. The lowest BCUT2D eigenvalue weighted by molar-refractivity contribution is 0.102. The molecule has 1 atom stereocenters. The van der Waals surface area contributed by atoms with Crippen molar-refractivity contribution in [3.8, 4) is 0 Å². The van der Waals surface area contributed by atoms with E-state index in [0.29, 0.717) is 5.92 Å². The van der Waals surface area contributed by atoms with Crippen LogP contribution in [0.25, 0.3) is 0 Å². The highest BCUT2D eigenvalue weighted by Crippen LogP contribution is 2.28. The quantitative estimate of drug-likeness (QED) is 0.593. The highest BCUT2D eigenvalue weighted by atomic mass is 35.5. The molecule has 102 valence electrons. The van der Waals surface area contributed by atoms with Gasteiger partial charge in [-0.25, -0.2) is 0 Å². The maximum absolute atomic E-state index is 11.7. The van der Waals surface area contributed by atoms with Crippen LogP contribution in [0.5, 0.6) is 0 Å². The smallest absolute Gasteiger partial charge is 0.179 e. The van der Waals surface area contributed by atoms with Crippen molar-refractivity contribution in [2.45, 2.75) is 48.1 Å². The zero-order valence-electron chi connectivity index (χ0n) is 12.3. The van der Waals surface area contributed by atoms with E-state index in [9.17, 15) is 4.79 Å². The van der Waals surface area contributed by atoms with E-state index in [-0.39, 0.29) is 17.1 Å². The standard InChI is InChI=1S/C15H24ClNO/c1-10(15(4,5)6)9-17-11(2)7-13(12(17)3)14(18)8-16/h7,10H,8-9H2,1-6H3. The van der Waals surface area contributed by atoms with E-state index < -0.39 is 0 Å². The van der Waals surface area contributed by atoms with Crippen molar-refractivity contribution in [3.63, 3.8) is 0 Å². The molecule has 1 aromatic heterocycles. The van der Waals surface area contributed by atoms with Crippen LogP contribution in [-0.4, -0.2) is 16.2 Å². The van der Waals surface area contributed by atoms with E-state index in [1.807, 2.05) is 19.9 Å². The molecule has 0 fully saturated rings. The van der Waals surface area contributed by atoms with E-state index in [1.165, 1.54) is 0 Å². The molecule has 2 nitrogen and oxygen atoms in total. The number of aromatic nitrogens is 1. The maximum Gasteiger partial charge on any atom is 0.179 e. The van der Waals surface area contributed by atoms with Crippen LogP contribution >= 0.6 is 11.6 Å². The van der Waals surface area contributed by atoms with Crippen molar-refractivity contribution in [2.75, 3.05) is 5.88 Å². The molecule has 0 saturated heterocycles. The molecule has 0 spiro atoms. The summed E-state index contributed by atoms with van der Waals surface area (Å²) in [6.45, 7) is 14.0. The molecule has 18 heavy (non-hydrogen) atoms. The molecule has 0 saturated carbocycles. The number of rotatable bonds is 4. The largest absolute Gasteiger partial charge is 0.348 e. The van der Waals surface area contributed by atoms with Gasteiger partial charge in [-0.2, -0.15) is 0 Å². The average Bonchev–Trinajstić information content (AvgIpc) is 2.54. The number of carbonyl (C=O) groups excluding carboxylic acids is 1. The van der Waals surface area contributed by atoms with Crippen LogP contribution in [0.3, 0.4) is 0 Å². The molecule has 0 radical (unpaired) electrons. The zero-order chi connectivity index (χ0) is 14.1. The van der Waals surface area contributed by atoms with Crippen LogP contribution in [0, 0.1) is 25.2 Å². The van der Waals surface area contributed by atoms with Crippen LogP contribution in [-0.2, 0) is 6.54 Å². The first kappa shape index (κ1) is 15.3. The molecule has 0 bridgehead atoms. The van der Waals surface area contributed by atoms with Crippen LogP contribution in [0.2, 0.25) is 0 Å². The summed E-state index contributed by atoms with van der Waals surface area (Å²) in [5.74, 6) is 0.611. The molecule has 1 rings (SSSR count). The molecule has 1 aromatic rings. The van der Waals surface area contributed by atoms with Gasteiger partial charge >= 0.3 is 0 Å². The van der Waals surface area contributed by atoms with Crippen molar-refractivity contribution in [1.82, 2.24) is 4.57 Å². The fourth-order valence-electron chi connectivity index (χ4n) is 1.98. The Bertz CT molecular complexity index is 440. The van der Waals surface area contributed by atoms with Crippen molar-refractivity contribution in [3.05, 3.63) is 23.0 Å². The van der Waals surface area contributed by atoms with E-state index >= 15 is 0 Å².